The van der Waals surface area contributed by atoms with Gasteiger partial charge < -0.3 is 14.8 Å². The molecule has 0 aliphatic rings. The Hall–Kier alpha value is -2.62. The summed E-state index contributed by atoms with van der Waals surface area (Å²) in [7, 11) is -1.22. The number of nitrogens with zero attached hydrogens (tertiary/aromatic N) is 1. The molecule has 0 aliphatic heterocycles. The molecule has 0 unspecified atom stereocenters. The van der Waals surface area contributed by atoms with E-state index in [-0.39, 0.29) is 16.5 Å². The number of benzene rings is 2. The second kappa shape index (κ2) is 9.73. The third-order valence-electron chi connectivity index (χ3n) is 3.88. The second-order valence-corrected chi connectivity index (χ2v) is 8.36. The molecule has 0 saturated carbocycles. The average Bonchev–Trinajstić information content (AvgIpc) is 2.68. The molecule has 156 valence electrons. The van der Waals surface area contributed by atoms with Gasteiger partial charge in [-0.1, -0.05) is 11.6 Å². The van der Waals surface area contributed by atoms with Gasteiger partial charge in [0.1, 0.15) is 5.75 Å². The number of sulfonamides is 1. The molecule has 0 atom stereocenters. The largest absolute Gasteiger partial charge is 0.495 e. The molecular formula is C19H21ClN2O6S. The highest BCUT2D eigenvalue weighted by Crippen LogP contribution is 2.28. The molecule has 0 bridgehead atoms. The van der Waals surface area contributed by atoms with Gasteiger partial charge in [0.2, 0.25) is 15.9 Å². The summed E-state index contributed by atoms with van der Waals surface area (Å²) in [4.78, 5) is 23.8. The molecule has 0 spiro atoms. The van der Waals surface area contributed by atoms with Crippen molar-refractivity contribution in [3.05, 3.63) is 53.1 Å². The minimum Gasteiger partial charge on any atom is -0.495 e. The molecule has 2 aromatic carbocycles. The zero-order valence-electron chi connectivity index (χ0n) is 16.1. The fourth-order valence-electron chi connectivity index (χ4n) is 2.38. The van der Waals surface area contributed by atoms with E-state index in [1.54, 1.807) is 6.92 Å². The summed E-state index contributed by atoms with van der Waals surface area (Å²) in [6.07, 6.45) is 0. The molecule has 0 fully saturated rings. The van der Waals surface area contributed by atoms with E-state index in [1.807, 2.05) is 0 Å². The number of methoxy groups -OCH3 is 1. The summed E-state index contributed by atoms with van der Waals surface area (Å²) < 4.78 is 36.1. The summed E-state index contributed by atoms with van der Waals surface area (Å²) in [6.45, 7) is 1.56. The predicted octanol–water partition coefficient (Wildman–Crippen LogP) is 2.78. The van der Waals surface area contributed by atoms with E-state index < -0.39 is 28.4 Å². The van der Waals surface area contributed by atoms with Crippen molar-refractivity contribution in [1.29, 1.82) is 0 Å². The Kier molecular flexibility index (Phi) is 7.60. The molecule has 10 heteroatoms. The van der Waals surface area contributed by atoms with Crippen LogP contribution in [-0.4, -0.2) is 51.9 Å². The fourth-order valence-corrected chi connectivity index (χ4v) is 3.86. The minimum absolute atomic E-state index is 0.0580. The predicted molar refractivity (Wildman–Crippen MR) is 109 cm³/mol. The first-order valence-electron chi connectivity index (χ1n) is 8.56. The molecule has 0 radical (unpaired) electrons. The van der Waals surface area contributed by atoms with Gasteiger partial charge in [-0.25, -0.2) is 13.2 Å². The lowest BCUT2D eigenvalue weighted by Crippen LogP contribution is -2.35. The van der Waals surface area contributed by atoms with Crippen LogP contribution in [0.25, 0.3) is 0 Å². The van der Waals surface area contributed by atoms with Crippen molar-refractivity contribution in [2.45, 2.75) is 11.8 Å². The van der Waals surface area contributed by atoms with Crippen LogP contribution in [0.1, 0.15) is 17.3 Å². The Morgan fingerprint density at radius 3 is 2.34 bits per heavy atom. The van der Waals surface area contributed by atoms with Crippen LogP contribution in [0.5, 0.6) is 5.75 Å². The first-order valence-corrected chi connectivity index (χ1v) is 10.4. The van der Waals surface area contributed by atoms with Crippen molar-refractivity contribution in [2.75, 3.05) is 32.6 Å². The van der Waals surface area contributed by atoms with E-state index in [1.165, 1.54) is 56.6 Å². The maximum absolute atomic E-state index is 12.6. The number of likely N-dealkylation sites (N-methyl/N-ethyl adjacent to an activating group) is 1. The Morgan fingerprint density at radius 2 is 1.79 bits per heavy atom. The number of esters is 1. The molecule has 2 rings (SSSR count). The zero-order chi connectivity index (χ0) is 21.6. The highest BCUT2D eigenvalue weighted by molar-refractivity contribution is 7.89. The van der Waals surface area contributed by atoms with E-state index in [2.05, 4.69) is 5.32 Å². The Balaban J connectivity index is 2.04. The van der Waals surface area contributed by atoms with Crippen LogP contribution < -0.4 is 10.1 Å². The number of ether oxygens (including phenoxy) is 2. The summed E-state index contributed by atoms with van der Waals surface area (Å²) >= 11 is 5.99. The number of amides is 1. The van der Waals surface area contributed by atoms with Crippen LogP contribution in [0.2, 0.25) is 5.02 Å². The SMILES string of the molecule is CCOC(=O)c1ccc(NC(=O)CN(C)S(=O)(=O)c2ccc(OC)c(Cl)c2)cc1. The van der Waals surface area contributed by atoms with Crippen LogP contribution in [0.3, 0.4) is 0 Å². The summed E-state index contributed by atoms with van der Waals surface area (Å²) in [6, 6.07) is 10.1. The fraction of sp³-hybridized carbons (Fsp3) is 0.263. The molecule has 0 aromatic heterocycles. The smallest absolute Gasteiger partial charge is 0.338 e. The summed E-state index contributed by atoms with van der Waals surface area (Å²) in [5, 5.41) is 2.73. The van der Waals surface area contributed by atoms with E-state index in [4.69, 9.17) is 21.1 Å². The number of carbonyl (C=O) groups is 2. The topological polar surface area (TPSA) is 102 Å². The number of hydrogen-bond donors (Lipinski definition) is 1. The molecule has 1 amide bonds. The third-order valence-corrected chi connectivity index (χ3v) is 5.97. The zero-order valence-corrected chi connectivity index (χ0v) is 17.7. The normalized spacial score (nSPS) is 11.2. The van der Waals surface area contributed by atoms with Gasteiger partial charge in [-0.3, -0.25) is 4.79 Å². The van der Waals surface area contributed by atoms with E-state index in [0.717, 1.165) is 4.31 Å². The van der Waals surface area contributed by atoms with Gasteiger partial charge in [0, 0.05) is 12.7 Å². The van der Waals surface area contributed by atoms with Gasteiger partial charge in [-0.2, -0.15) is 4.31 Å². The number of halogens is 1. The summed E-state index contributed by atoms with van der Waals surface area (Å²) in [5.74, 6) is -0.661. The van der Waals surface area contributed by atoms with Crippen molar-refractivity contribution >= 4 is 39.2 Å². The van der Waals surface area contributed by atoms with Crippen LogP contribution in [0, 0.1) is 0 Å². The van der Waals surface area contributed by atoms with Crippen molar-refractivity contribution in [2.24, 2.45) is 0 Å². The number of nitrogens with one attached hydrogen (secondary N) is 1. The van der Waals surface area contributed by atoms with Gasteiger partial charge in [0.05, 0.1) is 35.7 Å². The highest BCUT2D eigenvalue weighted by atomic mass is 35.5. The van der Waals surface area contributed by atoms with Gasteiger partial charge in [0.15, 0.2) is 0 Å². The number of anilines is 1. The van der Waals surface area contributed by atoms with Crippen LogP contribution in [-0.2, 0) is 19.6 Å². The maximum atomic E-state index is 12.6. The van der Waals surface area contributed by atoms with Crippen molar-refractivity contribution in [3.8, 4) is 5.75 Å². The van der Waals surface area contributed by atoms with Gasteiger partial charge in [-0.15, -0.1) is 0 Å². The molecule has 2 aromatic rings. The number of hydrogen-bond acceptors (Lipinski definition) is 6. The standard InChI is InChI=1S/C19H21ClN2O6S/c1-4-28-19(24)13-5-7-14(8-6-13)21-18(23)12-22(2)29(25,26)15-9-10-17(27-3)16(20)11-15/h5-11H,4,12H2,1-3H3,(H,21,23). The van der Waals surface area contributed by atoms with Gasteiger partial charge in [0.25, 0.3) is 0 Å². The van der Waals surface area contributed by atoms with Crippen molar-refractivity contribution < 1.29 is 27.5 Å². The number of carbonyl (C=O) groups excluding carboxylic acids is 2. The Morgan fingerprint density at radius 1 is 1.14 bits per heavy atom. The van der Waals surface area contributed by atoms with Crippen LogP contribution in [0.4, 0.5) is 5.69 Å². The summed E-state index contributed by atoms with van der Waals surface area (Å²) in [5.41, 5.74) is 0.766. The second-order valence-electron chi connectivity index (χ2n) is 5.90. The van der Waals surface area contributed by atoms with Crippen LogP contribution in [0.15, 0.2) is 47.4 Å². The molecule has 0 aliphatic carbocycles. The van der Waals surface area contributed by atoms with Gasteiger partial charge >= 0.3 is 5.97 Å². The van der Waals surface area contributed by atoms with E-state index in [0.29, 0.717) is 17.0 Å². The van der Waals surface area contributed by atoms with E-state index >= 15 is 0 Å². The first-order chi connectivity index (χ1) is 13.7. The quantitative estimate of drug-likeness (QED) is 0.633. The van der Waals surface area contributed by atoms with Crippen molar-refractivity contribution in [1.82, 2.24) is 4.31 Å². The van der Waals surface area contributed by atoms with E-state index in [9.17, 15) is 18.0 Å². The first kappa shape index (κ1) is 22.7. The number of rotatable bonds is 8. The Bertz CT molecular complexity index is 992. The Labute approximate surface area is 174 Å². The molecule has 0 heterocycles. The highest BCUT2D eigenvalue weighted by Gasteiger charge is 2.24. The average molecular weight is 441 g/mol. The lowest BCUT2D eigenvalue weighted by Gasteiger charge is -2.17. The molecular weight excluding hydrogens is 420 g/mol. The molecule has 1 N–H and O–H groups in total. The molecule has 29 heavy (non-hydrogen) atoms. The maximum Gasteiger partial charge on any atom is 0.338 e. The third kappa shape index (κ3) is 5.69. The molecule has 0 saturated heterocycles. The lowest BCUT2D eigenvalue weighted by atomic mass is 10.2. The van der Waals surface area contributed by atoms with Gasteiger partial charge in [-0.05, 0) is 49.4 Å². The minimum atomic E-state index is -3.93. The molecule has 8 nitrogen and oxygen atoms in total. The van der Waals surface area contributed by atoms with Crippen molar-refractivity contribution in [3.63, 3.8) is 0 Å². The lowest BCUT2D eigenvalue weighted by molar-refractivity contribution is -0.116. The monoisotopic (exact) mass is 440 g/mol. The van der Waals surface area contributed by atoms with Crippen LogP contribution >= 0.6 is 11.6 Å².